The van der Waals surface area contributed by atoms with Gasteiger partial charge >= 0.3 is 0 Å². The van der Waals surface area contributed by atoms with E-state index in [0.29, 0.717) is 0 Å². The summed E-state index contributed by atoms with van der Waals surface area (Å²) in [4.78, 5) is 8.78. The van der Waals surface area contributed by atoms with E-state index in [9.17, 15) is 0 Å². The molecule has 2 aromatic rings. The van der Waals surface area contributed by atoms with E-state index >= 15 is 0 Å². The van der Waals surface area contributed by atoms with Crippen LogP contribution in [0.25, 0.3) is 11.4 Å². The number of hydrogen-bond donors (Lipinski definition) is 0. The topological polar surface area (TPSA) is 25.8 Å². The predicted molar refractivity (Wildman–Crippen MR) is 74.8 cm³/mol. The minimum Gasteiger partial charge on any atom is -0.255 e. The lowest BCUT2D eigenvalue weighted by molar-refractivity contribution is 1.25. The molecule has 0 bridgehead atoms. The Labute approximate surface area is 103 Å². The van der Waals surface area contributed by atoms with Crippen LogP contribution in [0.3, 0.4) is 0 Å². The second kappa shape index (κ2) is 4.63. The first-order chi connectivity index (χ1) is 8.13. The molecule has 2 rings (SSSR count). The van der Waals surface area contributed by atoms with Crippen molar-refractivity contribution in [3.63, 3.8) is 0 Å². The van der Waals surface area contributed by atoms with Gasteiger partial charge in [-0.15, -0.1) is 6.58 Å². The third-order valence-electron chi connectivity index (χ3n) is 2.95. The van der Waals surface area contributed by atoms with Gasteiger partial charge in [-0.2, -0.15) is 0 Å². The van der Waals surface area contributed by atoms with Crippen molar-refractivity contribution < 1.29 is 0 Å². The van der Waals surface area contributed by atoms with Crippen LogP contribution >= 0.6 is 0 Å². The molecule has 2 nitrogen and oxygen atoms in total. The second-order valence-corrected chi connectivity index (χ2v) is 9.00. The molecule has 86 valence electrons. The van der Waals surface area contributed by atoms with E-state index in [1.165, 1.54) is 5.19 Å². The number of nitrogens with zero attached hydrogens (tertiary/aromatic N) is 2. The quantitative estimate of drug-likeness (QED) is 0.771. The first kappa shape index (κ1) is 11.7. The molecule has 0 saturated carbocycles. The van der Waals surface area contributed by atoms with Gasteiger partial charge in [0.15, 0.2) is 0 Å². The van der Waals surface area contributed by atoms with E-state index in [1.54, 1.807) is 6.20 Å². The van der Waals surface area contributed by atoms with Crippen molar-refractivity contribution in [1.29, 1.82) is 0 Å². The Kier molecular flexibility index (Phi) is 3.20. The number of hydrogen-bond acceptors (Lipinski definition) is 2. The summed E-state index contributed by atoms with van der Waals surface area (Å²) >= 11 is 0. The molecule has 3 heteroatoms. The van der Waals surface area contributed by atoms with E-state index < -0.39 is 8.07 Å². The molecule has 17 heavy (non-hydrogen) atoms. The highest BCUT2D eigenvalue weighted by atomic mass is 28.3. The molecule has 0 atom stereocenters. The summed E-state index contributed by atoms with van der Waals surface area (Å²) in [6.45, 7) is 8.43. The van der Waals surface area contributed by atoms with Gasteiger partial charge in [0.2, 0.25) is 0 Å². The lowest BCUT2D eigenvalue weighted by atomic mass is 10.2. The van der Waals surface area contributed by atoms with E-state index in [2.05, 4.69) is 41.4 Å². The zero-order valence-electron chi connectivity index (χ0n) is 10.2. The Morgan fingerprint density at radius 3 is 2.35 bits per heavy atom. The second-order valence-electron chi connectivity index (χ2n) is 4.57. The van der Waals surface area contributed by atoms with Gasteiger partial charge < -0.3 is 0 Å². The maximum atomic E-state index is 4.49. The van der Waals surface area contributed by atoms with E-state index in [1.807, 2.05) is 30.5 Å². The van der Waals surface area contributed by atoms with E-state index in [4.69, 9.17) is 0 Å². The molecule has 0 N–H and O–H groups in total. The van der Waals surface area contributed by atoms with Gasteiger partial charge in [-0.3, -0.25) is 9.97 Å². The van der Waals surface area contributed by atoms with Crippen LogP contribution in [0, 0.1) is 0 Å². The van der Waals surface area contributed by atoms with Gasteiger partial charge in [-0.25, -0.2) is 0 Å². The monoisotopic (exact) mass is 240 g/mol. The predicted octanol–water partition coefficient (Wildman–Crippen LogP) is 2.78. The summed E-state index contributed by atoms with van der Waals surface area (Å²) in [6.07, 6.45) is 3.74. The molecular weight excluding hydrogens is 224 g/mol. The summed E-state index contributed by atoms with van der Waals surface area (Å²) in [5.74, 6) is 0. The SMILES string of the molecule is C=C[Si](C)(C)c1ccc(-c2ccccn2)nc1. The number of aromatic nitrogens is 2. The average Bonchev–Trinajstić information content (AvgIpc) is 2.40. The zero-order chi connectivity index (χ0) is 12.3. The summed E-state index contributed by atoms with van der Waals surface area (Å²) < 4.78 is 0. The van der Waals surface area contributed by atoms with Crippen LogP contribution in [0.2, 0.25) is 13.1 Å². The lowest BCUT2D eigenvalue weighted by Gasteiger charge is -2.17. The van der Waals surface area contributed by atoms with Gasteiger partial charge in [-0.05, 0) is 23.4 Å². The standard InChI is InChI=1S/C14H16N2Si/c1-4-17(2,3)12-8-9-14(16-11-12)13-7-5-6-10-15-13/h4-11H,1H2,2-3H3. The molecule has 0 saturated heterocycles. The summed E-state index contributed by atoms with van der Waals surface area (Å²) in [5, 5.41) is 1.30. The fourth-order valence-corrected chi connectivity index (χ4v) is 2.70. The van der Waals surface area contributed by atoms with Gasteiger partial charge in [0.05, 0.1) is 11.4 Å². The molecule has 0 amide bonds. The van der Waals surface area contributed by atoms with Gasteiger partial charge in [0, 0.05) is 12.4 Å². The van der Waals surface area contributed by atoms with Crippen LogP contribution in [-0.4, -0.2) is 18.0 Å². The molecule has 0 aliphatic heterocycles. The van der Waals surface area contributed by atoms with Crippen LogP contribution < -0.4 is 5.19 Å². The lowest BCUT2D eigenvalue weighted by Crippen LogP contribution is -2.39. The Balaban J connectivity index is 2.34. The molecule has 0 unspecified atom stereocenters. The highest BCUT2D eigenvalue weighted by Gasteiger charge is 2.19. The largest absolute Gasteiger partial charge is 0.255 e. The molecule has 0 spiro atoms. The first-order valence-corrected chi connectivity index (χ1v) is 8.73. The normalized spacial score (nSPS) is 11.2. The Morgan fingerprint density at radius 1 is 1.06 bits per heavy atom. The highest BCUT2D eigenvalue weighted by molar-refractivity contribution is 6.93. The van der Waals surface area contributed by atoms with E-state index in [0.717, 1.165) is 11.4 Å². The van der Waals surface area contributed by atoms with Crippen molar-refractivity contribution in [2.24, 2.45) is 0 Å². The maximum Gasteiger partial charge on any atom is 0.105 e. The van der Waals surface area contributed by atoms with E-state index in [-0.39, 0.29) is 0 Å². The van der Waals surface area contributed by atoms with Gasteiger partial charge in [-0.1, -0.05) is 30.9 Å². The molecule has 2 aromatic heterocycles. The maximum absolute atomic E-state index is 4.49. The zero-order valence-corrected chi connectivity index (χ0v) is 11.2. The van der Waals surface area contributed by atoms with Crippen LogP contribution in [0.1, 0.15) is 0 Å². The van der Waals surface area contributed by atoms with Crippen molar-refractivity contribution >= 4 is 13.3 Å². The highest BCUT2D eigenvalue weighted by Crippen LogP contribution is 2.12. The van der Waals surface area contributed by atoms with Crippen molar-refractivity contribution in [2.45, 2.75) is 13.1 Å². The molecule has 0 aliphatic rings. The Bertz CT molecular complexity index is 504. The molecule has 0 fully saturated rings. The number of pyridine rings is 2. The van der Waals surface area contributed by atoms with Crippen LogP contribution in [0.15, 0.2) is 55.0 Å². The molecule has 0 aliphatic carbocycles. The van der Waals surface area contributed by atoms with Crippen molar-refractivity contribution in [2.75, 3.05) is 0 Å². The van der Waals surface area contributed by atoms with Crippen LogP contribution in [0.5, 0.6) is 0 Å². The molecular formula is C14H16N2Si. The minimum atomic E-state index is -1.50. The average molecular weight is 240 g/mol. The first-order valence-electron chi connectivity index (χ1n) is 5.65. The van der Waals surface area contributed by atoms with Crippen molar-refractivity contribution in [1.82, 2.24) is 9.97 Å². The van der Waals surface area contributed by atoms with Gasteiger partial charge in [0.25, 0.3) is 0 Å². The smallest absolute Gasteiger partial charge is 0.105 e. The fraction of sp³-hybridized carbons (Fsp3) is 0.143. The fourth-order valence-electron chi connectivity index (χ4n) is 1.56. The van der Waals surface area contributed by atoms with Crippen molar-refractivity contribution in [3.05, 3.63) is 55.0 Å². The third-order valence-corrected chi connectivity index (χ3v) is 5.75. The Morgan fingerprint density at radius 2 is 1.82 bits per heavy atom. The number of rotatable bonds is 3. The van der Waals surface area contributed by atoms with Crippen LogP contribution in [-0.2, 0) is 0 Å². The Hall–Kier alpha value is -1.74. The van der Waals surface area contributed by atoms with Crippen molar-refractivity contribution in [3.8, 4) is 11.4 Å². The van der Waals surface area contributed by atoms with Crippen LogP contribution in [0.4, 0.5) is 0 Å². The summed E-state index contributed by atoms with van der Waals surface area (Å²) in [6, 6.07) is 10.0. The molecule has 0 radical (unpaired) electrons. The minimum absolute atomic E-state index is 0.914. The molecule has 2 heterocycles. The summed E-state index contributed by atoms with van der Waals surface area (Å²) in [7, 11) is -1.50. The molecule has 0 aromatic carbocycles. The summed E-state index contributed by atoms with van der Waals surface area (Å²) in [5.41, 5.74) is 3.91. The van der Waals surface area contributed by atoms with Gasteiger partial charge in [0.1, 0.15) is 8.07 Å². The third kappa shape index (κ3) is 2.50.